The number of rotatable bonds is 7. The summed E-state index contributed by atoms with van der Waals surface area (Å²) in [6.45, 7) is 0.331. The Morgan fingerprint density at radius 2 is 1.89 bits per heavy atom. The number of anilines is 1. The molecule has 3 N–H and O–H groups in total. The maximum Gasteiger partial charge on any atom is 0.322 e. The Kier molecular flexibility index (Phi) is 5.66. The summed E-state index contributed by atoms with van der Waals surface area (Å²) in [5, 5.41) is 19.9. The monoisotopic (exact) mass is 266 g/mol. The van der Waals surface area contributed by atoms with Crippen LogP contribution < -0.4 is 10.2 Å². The van der Waals surface area contributed by atoms with Crippen molar-refractivity contribution in [1.82, 2.24) is 5.32 Å². The first-order chi connectivity index (χ1) is 8.99. The van der Waals surface area contributed by atoms with Gasteiger partial charge in [-0.15, -0.1) is 0 Å². The van der Waals surface area contributed by atoms with Gasteiger partial charge in [-0.2, -0.15) is 0 Å². The van der Waals surface area contributed by atoms with E-state index in [2.05, 4.69) is 5.32 Å². The van der Waals surface area contributed by atoms with Crippen molar-refractivity contribution >= 4 is 17.6 Å². The highest BCUT2D eigenvalue weighted by Crippen LogP contribution is 2.17. The molecule has 0 spiro atoms. The first kappa shape index (κ1) is 14.8. The highest BCUT2D eigenvalue weighted by molar-refractivity contribution is 5.81. The Morgan fingerprint density at radius 3 is 2.47 bits per heavy atom. The number of hydrogen-bond donors (Lipinski definition) is 3. The molecule has 0 unspecified atom stereocenters. The summed E-state index contributed by atoms with van der Waals surface area (Å²) in [6.07, 6.45) is 0.915. The molecule has 1 aromatic carbocycles. The largest absolute Gasteiger partial charge is 0.508 e. The van der Waals surface area contributed by atoms with Crippen LogP contribution in [0, 0.1) is 0 Å². The van der Waals surface area contributed by atoms with E-state index in [1.54, 1.807) is 24.3 Å². The van der Waals surface area contributed by atoms with Crippen molar-refractivity contribution in [2.75, 3.05) is 25.0 Å². The Morgan fingerprint density at radius 1 is 1.26 bits per heavy atom. The lowest BCUT2D eigenvalue weighted by molar-refractivity contribution is -0.137. The highest BCUT2D eigenvalue weighted by atomic mass is 16.4. The zero-order valence-electron chi connectivity index (χ0n) is 10.8. The van der Waals surface area contributed by atoms with E-state index in [0.717, 1.165) is 5.69 Å². The van der Waals surface area contributed by atoms with Gasteiger partial charge in [-0.25, -0.2) is 0 Å². The van der Waals surface area contributed by atoms with E-state index in [9.17, 15) is 14.7 Å². The topological polar surface area (TPSA) is 89.9 Å². The van der Waals surface area contributed by atoms with Crippen molar-refractivity contribution in [1.29, 1.82) is 0 Å². The van der Waals surface area contributed by atoms with Crippen LogP contribution in [-0.4, -0.2) is 42.2 Å². The normalized spacial score (nSPS) is 9.95. The Bertz CT molecular complexity index is 431. The minimum atomic E-state index is -1.05. The lowest BCUT2D eigenvalue weighted by atomic mass is 10.2. The minimum Gasteiger partial charge on any atom is -0.508 e. The van der Waals surface area contributed by atoms with Gasteiger partial charge < -0.3 is 20.4 Å². The molecule has 0 bridgehead atoms. The Balaban J connectivity index is 2.27. The van der Waals surface area contributed by atoms with Crippen LogP contribution in [0.1, 0.15) is 12.8 Å². The van der Waals surface area contributed by atoms with Crippen molar-refractivity contribution in [2.45, 2.75) is 12.8 Å². The van der Waals surface area contributed by atoms with Crippen LogP contribution in [0.5, 0.6) is 5.75 Å². The fourth-order valence-electron chi connectivity index (χ4n) is 1.58. The van der Waals surface area contributed by atoms with Crippen molar-refractivity contribution in [3.05, 3.63) is 24.3 Å². The van der Waals surface area contributed by atoms with Crippen molar-refractivity contribution in [3.8, 4) is 5.75 Å². The third-order valence-corrected chi connectivity index (χ3v) is 2.62. The molecule has 6 nitrogen and oxygen atoms in total. The van der Waals surface area contributed by atoms with Crippen LogP contribution in [0.3, 0.4) is 0 Å². The van der Waals surface area contributed by atoms with Crippen LogP contribution in [0.15, 0.2) is 24.3 Å². The minimum absolute atomic E-state index is 0.213. The van der Waals surface area contributed by atoms with E-state index in [0.29, 0.717) is 13.0 Å². The average molecular weight is 266 g/mol. The number of nitrogens with zero attached hydrogens (tertiary/aromatic N) is 1. The zero-order chi connectivity index (χ0) is 14.3. The van der Waals surface area contributed by atoms with Crippen LogP contribution in [0.4, 0.5) is 5.69 Å². The molecule has 0 saturated carbocycles. The summed E-state index contributed by atoms with van der Waals surface area (Å²) >= 11 is 0. The molecular weight excluding hydrogens is 248 g/mol. The summed E-state index contributed by atoms with van der Waals surface area (Å²) in [4.78, 5) is 23.5. The molecule has 0 radical (unpaired) electrons. The second-order valence-electron chi connectivity index (χ2n) is 4.21. The lowest BCUT2D eigenvalue weighted by Gasteiger charge is -2.19. The van der Waals surface area contributed by atoms with E-state index < -0.39 is 5.97 Å². The molecule has 0 fully saturated rings. The van der Waals surface area contributed by atoms with E-state index in [1.165, 1.54) is 0 Å². The number of aromatic hydroxyl groups is 1. The quantitative estimate of drug-likeness (QED) is 0.679. The van der Waals surface area contributed by atoms with Crippen molar-refractivity contribution in [2.24, 2.45) is 0 Å². The van der Waals surface area contributed by atoms with Gasteiger partial charge in [0.1, 0.15) is 12.3 Å². The second kappa shape index (κ2) is 7.25. The molecule has 0 heterocycles. The average Bonchev–Trinajstić information content (AvgIpc) is 2.37. The van der Waals surface area contributed by atoms with Gasteiger partial charge in [0, 0.05) is 25.7 Å². The predicted octanol–water partition coefficient (Wildman–Crippen LogP) is 0.809. The van der Waals surface area contributed by atoms with Gasteiger partial charge in [0.2, 0.25) is 5.91 Å². The van der Waals surface area contributed by atoms with E-state index >= 15 is 0 Å². The van der Waals surface area contributed by atoms with E-state index in [1.807, 2.05) is 11.9 Å². The molecule has 6 heteroatoms. The number of aliphatic carboxylic acids is 1. The number of nitrogens with one attached hydrogen (secondary N) is 1. The number of carbonyl (C=O) groups excluding carboxylic acids is 1. The maximum absolute atomic E-state index is 11.3. The van der Waals surface area contributed by atoms with Gasteiger partial charge in [-0.3, -0.25) is 9.59 Å². The number of carboxylic acid groups (broad SMARTS) is 1. The van der Waals surface area contributed by atoms with Gasteiger partial charge in [-0.05, 0) is 30.7 Å². The summed E-state index contributed by atoms with van der Waals surface area (Å²) in [7, 11) is 1.89. The van der Waals surface area contributed by atoms with Crippen LogP contribution in [-0.2, 0) is 9.59 Å². The molecule has 0 aliphatic carbocycles. The molecule has 104 valence electrons. The molecule has 1 aromatic rings. The molecule has 1 rings (SSSR count). The lowest BCUT2D eigenvalue weighted by Crippen LogP contribution is -2.30. The smallest absolute Gasteiger partial charge is 0.322 e. The molecule has 0 saturated heterocycles. The molecule has 0 aliphatic heterocycles. The Hall–Kier alpha value is -2.24. The molecule has 19 heavy (non-hydrogen) atoms. The number of carbonyl (C=O) groups is 2. The van der Waals surface area contributed by atoms with Gasteiger partial charge in [0.15, 0.2) is 0 Å². The van der Waals surface area contributed by atoms with Gasteiger partial charge in [0.25, 0.3) is 0 Å². The van der Waals surface area contributed by atoms with Crippen LogP contribution in [0.25, 0.3) is 0 Å². The molecule has 1 amide bonds. The fraction of sp³-hybridized carbons (Fsp3) is 0.385. The number of phenols is 1. The molecule has 0 aliphatic rings. The summed E-state index contributed by atoms with van der Waals surface area (Å²) in [5.74, 6) is -1.10. The van der Waals surface area contributed by atoms with E-state index in [4.69, 9.17) is 5.11 Å². The highest BCUT2D eigenvalue weighted by Gasteiger charge is 2.05. The third kappa shape index (κ3) is 5.76. The number of benzene rings is 1. The molecular formula is C13H18N2O4. The third-order valence-electron chi connectivity index (χ3n) is 2.62. The van der Waals surface area contributed by atoms with Gasteiger partial charge in [-0.1, -0.05) is 0 Å². The standard InChI is InChI=1S/C13H18N2O4/c1-15(10-4-6-11(16)7-5-10)8-2-3-12(17)14-9-13(18)19/h4-7,16H,2-3,8-9H2,1H3,(H,14,17)(H,18,19). The fourth-order valence-corrected chi connectivity index (χ4v) is 1.58. The summed E-state index contributed by atoms with van der Waals surface area (Å²) in [5.41, 5.74) is 0.948. The predicted molar refractivity (Wildman–Crippen MR) is 71.3 cm³/mol. The van der Waals surface area contributed by atoms with Crippen molar-refractivity contribution in [3.63, 3.8) is 0 Å². The number of hydrogen-bond acceptors (Lipinski definition) is 4. The van der Waals surface area contributed by atoms with E-state index in [-0.39, 0.29) is 24.6 Å². The second-order valence-corrected chi connectivity index (χ2v) is 4.21. The number of carboxylic acids is 1. The SMILES string of the molecule is CN(CCCC(=O)NCC(=O)O)c1ccc(O)cc1. The van der Waals surface area contributed by atoms with Crippen LogP contribution in [0.2, 0.25) is 0 Å². The van der Waals surface area contributed by atoms with Crippen molar-refractivity contribution < 1.29 is 19.8 Å². The summed E-state index contributed by atoms with van der Waals surface area (Å²) in [6, 6.07) is 6.79. The first-order valence-electron chi connectivity index (χ1n) is 5.97. The van der Waals surface area contributed by atoms with Gasteiger partial charge in [0.05, 0.1) is 0 Å². The Labute approximate surface area is 111 Å². The molecule has 0 aromatic heterocycles. The number of phenolic OH excluding ortho intramolecular Hbond substituents is 1. The maximum atomic E-state index is 11.3. The summed E-state index contributed by atoms with van der Waals surface area (Å²) < 4.78 is 0. The molecule has 0 atom stereocenters. The van der Waals surface area contributed by atoms with Crippen LogP contribution >= 0.6 is 0 Å². The van der Waals surface area contributed by atoms with Gasteiger partial charge >= 0.3 is 5.97 Å². The number of amides is 1. The zero-order valence-corrected chi connectivity index (χ0v) is 10.8. The first-order valence-corrected chi connectivity index (χ1v) is 5.97.